The molecule has 114 valence electrons. The fourth-order valence-corrected chi connectivity index (χ4v) is 4.85. The van der Waals surface area contributed by atoms with Gasteiger partial charge in [-0.15, -0.1) is 12.4 Å². The fraction of sp³-hybridized carbons (Fsp3) is 0.538. The van der Waals surface area contributed by atoms with Gasteiger partial charge in [0.1, 0.15) is 0 Å². The van der Waals surface area contributed by atoms with Crippen molar-refractivity contribution in [1.82, 2.24) is 10.0 Å². The van der Waals surface area contributed by atoms with Crippen LogP contribution in [0.4, 0.5) is 0 Å². The molecule has 0 spiro atoms. The molecule has 1 aliphatic rings. The second kappa shape index (κ2) is 7.22. The van der Waals surface area contributed by atoms with E-state index in [1.54, 1.807) is 6.07 Å². The summed E-state index contributed by atoms with van der Waals surface area (Å²) in [5, 5.41) is 3.26. The van der Waals surface area contributed by atoms with Gasteiger partial charge in [-0.1, -0.05) is 13.0 Å². The van der Waals surface area contributed by atoms with Crippen LogP contribution in [0.2, 0.25) is 0 Å². The first-order chi connectivity index (χ1) is 8.90. The van der Waals surface area contributed by atoms with Crippen LogP contribution in [0, 0.1) is 12.8 Å². The lowest BCUT2D eigenvalue weighted by Crippen LogP contribution is -2.48. The van der Waals surface area contributed by atoms with Gasteiger partial charge in [-0.25, -0.2) is 13.1 Å². The molecule has 0 aromatic heterocycles. The Hall–Kier alpha value is -0.140. The van der Waals surface area contributed by atoms with Crippen molar-refractivity contribution in [1.29, 1.82) is 0 Å². The molecule has 20 heavy (non-hydrogen) atoms. The maximum absolute atomic E-state index is 12.4. The average molecular weight is 384 g/mol. The van der Waals surface area contributed by atoms with Crippen LogP contribution in [0.3, 0.4) is 0 Å². The molecule has 4 nitrogen and oxygen atoms in total. The molecule has 2 N–H and O–H groups in total. The summed E-state index contributed by atoms with van der Waals surface area (Å²) in [6.45, 7) is 5.70. The van der Waals surface area contributed by atoms with Gasteiger partial charge in [-0.05, 0) is 66.0 Å². The third-order valence-electron chi connectivity index (χ3n) is 3.47. The average Bonchev–Trinajstić information content (AvgIpc) is 2.31. The number of halogens is 2. The van der Waals surface area contributed by atoms with Gasteiger partial charge in [-0.3, -0.25) is 0 Å². The number of aryl methyl sites for hydroxylation is 1. The SMILES string of the molecule is Cc1ccc(S(=O)(=O)NC2CCNCC2C)c(Br)c1.Cl. The second-order valence-corrected chi connectivity index (χ2v) is 7.67. The summed E-state index contributed by atoms with van der Waals surface area (Å²) >= 11 is 3.33. The largest absolute Gasteiger partial charge is 0.316 e. The summed E-state index contributed by atoms with van der Waals surface area (Å²) in [6.07, 6.45) is 0.823. The van der Waals surface area contributed by atoms with Crippen LogP contribution in [0.5, 0.6) is 0 Å². The number of benzene rings is 1. The normalized spacial score (nSPS) is 23.1. The molecule has 0 bridgehead atoms. The van der Waals surface area contributed by atoms with Crippen molar-refractivity contribution in [2.24, 2.45) is 5.92 Å². The molecule has 0 aliphatic carbocycles. The van der Waals surface area contributed by atoms with Crippen LogP contribution in [-0.2, 0) is 10.0 Å². The maximum atomic E-state index is 12.4. The van der Waals surface area contributed by atoms with Crippen molar-refractivity contribution < 1.29 is 8.42 Å². The minimum Gasteiger partial charge on any atom is -0.316 e. The van der Waals surface area contributed by atoms with Crippen LogP contribution >= 0.6 is 28.3 Å². The number of sulfonamides is 1. The third-order valence-corrected chi connectivity index (χ3v) is 5.94. The number of rotatable bonds is 3. The topological polar surface area (TPSA) is 58.2 Å². The van der Waals surface area contributed by atoms with Gasteiger partial charge in [0, 0.05) is 10.5 Å². The molecule has 0 amide bonds. The van der Waals surface area contributed by atoms with E-state index in [-0.39, 0.29) is 18.4 Å². The zero-order valence-electron chi connectivity index (χ0n) is 11.5. The number of piperidine rings is 1. The molecule has 0 radical (unpaired) electrons. The molecule has 2 rings (SSSR count). The summed E-state index contributed by atoms with van der Waals surface area (Å²) < 4.78 is 28.3. The molecule has 1 fully saturated rings. The third kappa shape index (κ3) is 4.18. The summed E-state index contributed by atoms with van der Waals surface area (Å²) in [6, 6.07) is 5.28. The first-order valence-electron chi connectivity index (χ1n) is 6.39. The van der Waals surface area contributed by atoms with Crippen molar-refractivity contribution >= 4 is 38.4 Å². The highest BCUT2D eigenvalue weighted by Gasteiger charge is 2.27. The second-order valence-electron chi connectivity index (χ2n) is 5.13. The molecule has 7 heteroatoms. The Kier molecular flexibility index (Phi) is 6.47. The van der Waals surface area contributed by atoms with Gasteiger partial charge in [-0.2, -0.15) is 0 Å². The van der Waals surface area contributed by atoms with E-state index < -0.39 is 10.0 Å². The number of hydrogen-bond donors (Lipinski definition) is 2. The highest BCUT2D eigenvalue weighted by molar-refractivity contribution is 9.10. The van der Waals surface area contributed by atoms with Crippen molar-refractivity contribution in [3.8, 4) is 0 Å². The van der Waals surface area contributed by atoms with Gasteiger partial charge in [0.2, 0.25) is 10.0 Å². The van der Waals surface area contributed by atoms with Crippen LogP contribution in [-0.4, -0.2) is 27.5 Å². The smallest absolute Gasteiger partial charge is 0.241 e. The highest BCUT2D eigenvalue weighted by Crippen LogP contribution is 2.24. The molecule has 1 heterocycles. The summed E-state index contributed by atoms with van der Waals surface area (Å²) in [4.78, 5) is 0.309. The molecule has 1 aromatic carbocycles. The Bertz CT molecular complexity index is 565. The molecular formula is C13H20BrClN2O2S. The molecule has 0 saturated carbocycles. The van der Waals surface area contributed by atoms with E-state index in [2.05, 4.69) is 32.9 Å². The van der Waals surface area contributed by atoms with Gasteiger partial charge in [0.25, 0.3) is 0 Å². The van der Waals surface area contributed by atoms with Crippen molar-refractivity contribution in [2.45, 2.75) is 31.2 Å². The Morgan fingerprint density at radius 3 is 2.70 bits per heavy atom. The van der Waals surface area contributed by atoms with Crippen molar-refractivity contribution in [2.75, 3.05) is 13.1 Å². The van der Waals surface area contributed by atoms with Crippen LogP contribution in [0.15, 0.2) is 27.6 Å². The summed E-state index contributed by atoms with van der Waals surface area (Å²) in [7, 11) is -3.46. The van der Waals surface area contributed by atoms with Crippen molar-refractivity contribution in [3.63, 3.8) is 0 Å². The zero-order chi connectivity index (χ0) is 14.0. The first kappa shape index (κ1) is 17.9. The van der Waals surface area contributed by atoms with E-state index in [4.69, 9.17) is 0 Å². The maximum Gasteiger partial charge on any atom is 0.241 e. The van der Waals surface area contributed by atoms with Gasteiger partial charge in [0.05, 0.1) is 4.90 Å². The van der Waals surface area contributed by atoms with E-state index in [9.17, 15) is 8.42 Å². The standard InChI is InChI=1S/C13H19BrN2O2S.ClH/c1-9-3-4-13(11(14)7-9)19(17,18)16-12-5-6-15-8-10(12)2;/h3-4,7,10,12,15-16H,5-6,8H2,1-2H3;1H. The predicted molar refractivity (Wildman–Crippen MR) is 86.9 cm³/mol. The summed E-state index contributed by atoms with van der Waals surface area (Å²) in [5.74, 6) is 0.299. The molecule has 1 aromatic rings. The van der Waals surface area contributed by atoms with Crippen LogP contribution in [0.25, 0.3) is 0 Å². The minimum atomic E-state index is -3.46. The van der Waals surface area contributed by atoms with Gasteiger partial charge >= 0.3 is 0 Å². The van der Waals surface area contributed by atoms with Gasteiger partial charge < -0.3 is 5.32 Å². The molecule has 1 aliphatic heterocycles. The molecule has 2 unspecified atom stereocenters. The quantitative estimate of drug-likeness (QED) is 0.843. The Balaban J connectivity index is 0.00000200. The van der Waals surface area contributed by atoms with E-state index >= 15 is 0 Å². The predicted octanol–water partition coefficient (Wildman–Crippen LogP) is 2.46. The summed E-state index contributed by atoms with van der Waals surface area (Å²) in [5.41, 5.74) is 1.03. The Morgan fingerprint density at radius 2 is 2.10 bits per heavy atom. The van der Waals surface area contributed by atoms with Crippen molar-refractivity contribution in [3.05, 3.63) is 28.2 Å². The molecule has 1 saturated heterocycles. The van der Waals surface area contributed by atoms with Crippen LogP contribution < -0.4 is 10.0 Å². The van der Waals surface area contributed by atoms with Crippen LogP contribution in [0.1, 0.15) is 18.9 Å². The first-order valence-corrected chi connectivity index (χ1v) is 8.67. The Labute approximate surface area is 135 Å². The lowest BCUT2D eigenvalue weighted by Gasteiger charge is -2.30. The zero-order valence-corrected chi connectivity index (χ0v) is 14.7. The van der Waals surface area contributed by atoms with E-state index in [1.165, 1.54) is 0 Å². The monoisotopic (exact) mass is 382 g/mol. The number of nitrogens with one attached hydrogen (secondary N) is 2. The lowest BCUT2D eigenvalue weighted by molar-refractivity contribution is 0.328. The highest BCUT2D eigenvalue weighted by atomic mass is 79.9. The van der Waals surface area contributed by atoms with E-state index in [0.717, 1.165) is 25.1 Å². The van der Waals surface area contributed by atoms with E-state index in [0.29, 0.717) is 15.3 Å². The molecular weight excluding hydrogens is 364 g/mol. The number of hydrogen-bond acceptors (Lipinski definition) is 3. The lowest BCUT2D eigenvalue weighted by atomic mass is 9.97. The minimum absolute atomic E-state index is 0. The molecule has 2 atom stereocenters. The Morgan fingerprint density at radius 1 is 1.40 bits per heavy atom. The van der Waals surface area contributed by atoms with Gasteiger partial charge in [0.15, 0.2) is 0 Å². The van der Waals surface area contributed by atoms with E-state index in [1.807, 2.05) is 19.1 Å². The fourth-order valence-electron chi connectivity index (χ4n) is 2.28.